The van der Waals surface area contributed by atoms with E-state index < -0.39 is 11.8 Å². The smallest absolute Gasteiger partial charge is 0.372 e. The summed E-state index contributed by atoms with van der Waals surface area (Å²) in [6, 6.07) is 18.5. The first-order chi connectivity index (χ1) is 10.4. The van der Waals surface area contributed by atoms with Gasteiger partial charge in [-0.2, -0.15) is 13.2 Å². The molecule has 4 heteroatoms. The van der Waals surface area contributed by atoms with Crippen molar-refractivity contribution in [1.82, 2.24) is 0 Å². The van der Waals surface area contributed by atoms with Gasteiger partial charge in [0.25, 0.3) is 0 Å². The number of benzene rings is 3. The van der Waals surface area contributed by atoms with Gasteiger partial charge in [-0.3, -0.25) is 0 Å². The van der Waals surface area contributed by atoms with E-state index in [1.54, 1.807) is 24.3 Å². The van der Waals surface area contributed by atoms with E-state index >= 15 is 0 Å². The molecule has 0 amide bonds. The van der Waals surface area contributed by atoms with Crippen molar-refractivity contribution < 1.29 is 18.3 Å². The molecule has 0 spiro atoms. The first-order valence-electron chi connectivity index (χ1n) is 6.77. The summed E-state index contributed by atoms with van der Waals surface area (Å²) in [6.07, 6.45) is -4.82. The fraction of sp³-hybridized carbons (Fsp3) is 0.111. The highest BCUT2D eigenvalue weighted by Crippen LogP contribution is 2.44. The summed E-state index contributed by atoms with van der Waals surface area (Å²) in [5.41, 5.74) is -3.42. The van der Waals surface area contributed by atoms with Crippen LogP contribution in [0.4, 0.5) is 13.2 Å². The van der Waals surface area contributed by atoms with Crippen LogP contribution in [-0.2, 0) is 5.60 Å². The van der Waals surface area contributed by atoms with Crippen molar-refractivity contribution in [3.63, 3.8) is 0 Å². The highest BCUT2D eigenvalue weighted by molar-refractivity contribution is 5.83. The summed E-state index contributed by atoms with van der Waals surface area (Å²) in [5, 5.41) is 12.0. The predicted octanol–water partition coefficient (Wildman–Crippen LogP) is 4.64. The van der Waals surface area contributed by atoms with Crippen LogP contribution in [0.2, 0.25) is 0 Å². The number of aliphatic hydroxyl groups is 1. The first-order valence-corrected chi connectivity index (χ1v) is 6.77. The zero-order valence-electron chi connectivity index (χ0n) is 11.5. The van der Waals surface area contributed by atoms with Crippen LogP contribution in [-0.4, -0.2) is 11.3 Å². The summed E-state index contributed by atoms with van der Waals surface area (Å²) in [4.78, 5) is 0. The average Bonchev–Trinajstić information content (AvgIpc) is 2.53. The van der Waals surface area contributed by atoms with Crippen LogP contribution < -0.4 is 0 Å². The van der Waals surface area contributed by atoms with E-state index in [1.807, 2.05) is 12.1 Å². The summed E-state index contributed by atoms with van der Waals surface area (Å²) in [5.74, 6) is 0. The van der Waals surface area contributed by atoms with Crippen molar-refractivity contribution >= 4 is 10.8 Å². The molecule has 112 valence electrons. The van der Waals surface area contributed by atoms with Crippen molar-refractivity contribution in [1.29, 1.82) is 0 Å². The first kappa shape index (κ1) is 14.6. The lowest BCUT2D eigenvalue weighted by atomic mass is 9.84. The largest absolute Gasteiger partial charge is 0.425 e. The highest BCUT2D eigenvalue weighted by Gasteiger charge is 2.56. The summed E-state index contributed by atoms with van der Waals surface area (Å²) in [7, 11) is 0. The zero-order valence-corrected chi connectivity index (χ0v) is 11.5. The van der Waals surface area contributed by atoms with Crippen LogP contribution in [0.5, 0.6) is 0 Å². The standard InChI is InChI=1S/C18H13F3O/c19-18(20,21)17(22,15-8-2-1-3-9-15)16-11-10-13-6-4-5-7-14(13)12-16/h1-12,22H. The third-order valence-electron chi connectivity index (χ3n) is 3.77. The van der Waals surface area contributed by atoms with Crippen LogP contribution in [0.15, 0.2) is 72.8 Å². The van der Waals surface area contributed by atoms with Crippen molar-refractivity contribution in [3.05, 3.63) is 83.9 Å². The van der Waals surface area contributed by atoms with Gasteiger partial charge < -0.3 is 5.11 Å². The number of rotatable bonds is 2. The van der Waals surface area contributed by atoms with Gasteiger partial charge in [0.05, 0.1) is 0 Å². The van der Waals surface area contributed by atoms with Gasteiger partial charge in [-0.05, 0) is 28.0 Å². The molecule has 1 unspecified atom stereocenters. The van der Waals surface area contributed by atoms with E-state index in [0.29, 0.717) is 5.39 Å². The second kappa shape index (κ2) is 5.14. The molecule has 1 N–H and O–H groups in total. The Morgan fingerprint density at radius 1 is 0.636 bits per heavy atom. The van der Waals surface area contributed by atoms with E-state index in [1.165, 1.54) is 36.4 Å². The molecule has 3 aromatic carbocycles. The lowest BCUT2D eigenvalue weighted by Crippen LogP contribution is -2.43. The fourth-order valence-electron chi connectivity index (χ4n) is 2.59. The number of alkyl halides is 3. The molecule has 0 heterocycles. The quantitative estimate of drug-likeness (QED) is 0.731. The Hall–Kier alpha value is -2.33. The second-order valence-corrected chi connectivity index (χ2v) is 5.14. The minimum Gasteiger partial charge on any atom is -0.372 e. The number of hydrogen-bond donors (Lipinski definition) is 1. The molecular formula is C18H13F3O. The lowest BCUT2D eigenvalue weighted by Gasteiger charge is -2.31. The van der Waals surface area contributed by atoms with Gasteiger partial charge in [0.15, 0.2) is 0 Å². The van der Waals surface area contributed by atoms with E-state index in [-0.39, 0.29) is 11.1 Å². The molecule has 1 atom stereocenters. The lowest BCUT2D eigenvalue weighted by molar-refractivity contribution is -0.248. The normalized spacial score (nSPS) is 14.7. The molecule has 1 nitrogen and oxygen atoms in total. The van der Waals surface area contributed by atoms with Crippen molar-refractivity contribution in [2.75, 3.05) is 0 Å². The van der Waals surface area contributed by atoms with Gasteiger partial charge in [-0.1, -0.05) is 66.7 Å². The molecule has 0 bridgehead atoms. The Kier molecular flexibility index (Phi) is 3.41. The van der Waals surface area contributed by atoms with Gasteiger partial charge in [0.1, 0.15) is 0 Å². The zero-order chi connectivity index (χ0) is 15.8. The maximum atomic E-state index is 13.6. The number of hydrogen-bond acceptors (Lipinski definition) is 1. The minimum atomic E-state index is -4.82. The summed E-state index contributed by atoms with van der Waals surface area (Å²) in [6.45, 7) is 0. The molecule has 0 saturated carbocycles. The van der Waals surface area contributed by atoms with Crippen LogP contribution in [0.25, 0.3) is 10.8 Å². The predicted molar refractivity (Wildman–Crippen MR) is 79.4 cm³/mol. The second-order valence-electron chi connectivity index (χ2n) is 5.14. The summed E-state index contributed by atoms with van der Waals surface area (Å²) < 4.78 is 40.9. The fourth-order valence-corrected chi connectivity index (χ4v) is 2.59. The molecule has 3 rings (SSSR count). The van der Waals surface area contributed by atoms with Gasteiger partial charge in [-0.25, -0.2) is 0 Å². The van der Waals surface area contributed by atoms with Gasteiger partial charge >= 0.3 is 6.18 Å². The van der Waals surface area contributed by atoms with Crippen molar-refractivity contribution in [3.8, 4) is 0 Å². The molecular weight excluding hydrogens is 289 g/mol. The van der Waals surface area contributed by atoms with E-state index in [0.717, 1.165) is 5.39 Å². The molecule has 0 fully saturated rings. The third kappa shape index (κ3) is 2.25. The molecule has 0 aliphatic rings. The van der Waals surface area contributed by atoms with Crippen molar-refractivity contribution in [2.45, 2.75) is 11.8 Å². The van der Waals surface area contributed by atoms with E-state index in [2.05, 4.69) is 0 Å². The maximum absolute atomic E-state index is 13.6. The van der Waals surface area contributed by atoms with Gasteiger partial charge in [-0.15, -0.1) is 0 Å². The monoisotopic (exact) mass is 302 g/mol. The Labute approximate surface area is 125 Å². The van der Waals surface area contributed by atoms with Crippen LogP contribution >= 0.6 is 0 Å². The number of halogens is 3. The topological polar surface area (TPSA) is 20.2 Å². The Balaban J connectivity index is 2.25. The van der Waals surface area contributed by atoms with E-state index in [4.69, 9.17) is 0 Å². The Morgan fingerprint density at radius 2 is 1.23 bits per heavy atom. The minimum absolute atomic E-state index is 0.190. The highest BCUT2D eigenvalue weighted by atomic mass is 19.4. The Morgan fingerprint density at radius 3 is 1.86 bits per heavy atom. The maximum Gasteiger partial charge on any atom is 0.425 e. The SMILES string of the molecule is OC(c1ccccc1)(c1ccc2ccccc2c1)C(F)(F)F. The Bertz CT molecular complexity index is 796. The molecule has 3 aromatic rings. The van der Waals surface area contributed by atoms with Crippen LogP contribution in [0.3, 0.4) is 0 Å². The molecule has 0 radical (unpaired) electrons. The molecule has 0 aliphatic heterocycles. The molecule has 0 saturated heterocycles. The molecule has 22 heavy (non-hydrogen) atoms. The van der Waals surface area contributed by atoms with Gasteiger partial charge in [0, 0.05) is 0 Å². The third-order valence-corrected chi connectivity index (χ3v) is 3.77. The molecule has 0 aromatic heterocycles. The molecule has 0 aliphatic carbocycles. The van der Waals surface area contributed by atoms with Crippen LogP contribution in [0.1, 0.15) is 11.1 Å². The van der Waals surface area contributed by atoms with Gasteiger partial charge in [0.2, 0.25) is 5.60 Å². The van der Waals surface area contributed by atoms with Crippen LogP contribution in [0, 0.1) is 0 Å². The van der Waals surface area contributed by atoms with E-state index in [9.17, 15) is 18.3 Å². The summed E-state index contributed by atoms with van der Waals surface area (Å²) >= 11 is 0. The average molecular weight is 302 g/mol. The van der Waals surface area contributed by atoms with Crippen molar-refractivity contribution in [2.24, 2.45) is 0 Å². The number of fused-ring (bicyclic) bond motifs is 1.